The number of amides is 1. The van der Waals surface area contributed by atoms with Crippen LogP contribution in [-0.4, -0.2) is 46.8 Å². The second-order valence-electron chi connectivity index (χ2n) is 6.60. The Morgan fingerprint density at radius 3 is 2.55 bits per heavy atom. The number of hydrogen-bond acceptors (Lipinski definition) is 8. The van der Waals surface area contributed by atoms with Crippen LogP contribution >= 0.6 is 23.1 Å². The number of aryl methyl sites for hydroxylation is 1. The zero-order valence-corrected chi connectivity index (χ0v) is 19.3. The number of thioether (sulfide) groups is 1. The van der Waals surface area contributed by atoms with Crippen LogP contribution in [0.3, 0.4) is 0 Å². The number of aromatic amines is 1. The summed E-state index contributed by atoms with van der Waals surface area (Å²) in [4.78, 5) is 45.1. The second-order valence-corrected chi connectivity index (χ2v) is 8.59. The molecule has 0 bridgehead atoms. The molecule has 0 saturated carbocycles. The summed E-state index contributed by atoms with van der Waals surface area (Å²) in [6.45, 7) is 7.41. The van der Waals surface area contributed by atoms with Crippen molar-refractivity contribution < 1.29 is 23.9 Å². The molecular weight excluding hydrogens is 438 g/mol. The van der Waals surface area contributed by atoms with Gasteiger partial charge in [0.15, 0.2) is 5.16 Å². The summed E-state index contributed by atoms with van der Waals surface area (Å²) in [5.41, 5.74) is 3.44. The van der Waals surface area contributed by atoms with Gasteiger partial charge in [0.25, 0.3) is 0 Å². The SMILES string of the molecule is CCOC(=O)c1sc(NC(=O)CSc2nc3ccc(C)cc3[nH]2)c(C(=O)OCC)c1C. The Balaban J connectivity index is 1.76. The number of aromatic nitrogens is 2. The first-order valence-corrected chi connectivity index (χ1v) is 11.5. The van der Waals surface area contributed by atoms with Crippen molar-refractivity contribution in [2.75, 3.05) is 24.3 Å². The van der Waals surface area contributed by atoms with Gasteiger partial charge in [-0.3, -0.25) is 4.79 Å². The van der Waals surface area contributed by atoms with Crippen LogP contribution in [0, 0.1) is 13.8 Å². The van der Waals surface area contributed by atoms with E-state index in [-0.39, 0.29) is 40.3 Å². The van der Waals surface area contributed by atoms with Gasteiger partial charge in [0.1, 0.15) is 9.88 Å². The van der Waals surface area contributed by atoms with E-state index in [0.717, 1.165) is 27.9 Å². The summed E-state index contributed by atoms with van der Waals surface area (Å²) in [6.07, 6.45) is 0. The third-order valence-electron chi connectivity index (χ3n) is 4.30. The van der Waals surface area contributed by atoms with Gasteiger partial charge >= 0.3 is 11.9 Å². The predicted octanol–water partition coefficient (Wildman–Crippen LogP) is 4.33. The van der Waals surface area contributed by atoms with E-state index in [0.29, 0.717) is 10.7 Å². The van der Waals surface area contributed by atoms with Gasteiger partial charge in [0.05, 0.1) is 35.6 Å². The molecule has 1 amide bonds. The zero-order valence-electron chi connectivity index (χ0n) is 17.7. The predicted molar refractivity (Wildman–Crippen MR) is 121 cm³/mol. The Hall–Kier alpha value is -2.85. The highest BCUT2D eigenvalue weighted by Gasteiger charge is 2.27. The van der Waals surface area contributed by atoms with Gasteiger partial charge in [-0.05, 0) is 51.0 Å². The summed E-state index contributed by atoms with van der Waals surface area (Å²) in [7, 11) is 0. The van der Waals surface area contributed by atoms with Gasteiger partial charge in [0, 0.05) is 0 Å². The maximum absolute atomic E-state index is 12.6. The number of anilines is 1. The van der Waals surface area contributed by atoms with Crippen molar-refractivity contribution in [2.45, 2.75) is 32.9 Å². The maximum atomic E-state index is 12.6. The third-order valence-corrected chi connectivity index (χ3v) is 6.36. The highest BCUT2D eigenvalue weighted by molar-refractivity contribution is 7.99. The van der Waals surface area contributed by atoms with Crippen molar-refractivity contribution in [3.8, 4) is 0 Å². The minimum absolute atomic E-state index is 0.0761. The average Bonchev–Trinajstić information content (AvgIpc) is 3.26. The monoisotopic (exact) mass is 461 g/mol. The van der Waals surface area contributed by atoms with E-state index in [9.17, 15) is 14.4 Å². The number of fused-ring (bicyclic) bond motifs is 1. The fourth-order valence-electron chi connectivity index (χ4n) is 2.91. The van der Waals surface area contributed by atoms with Crippen LogP contribution in [0.4, 0.5) is 5.00 Å². The molecule has 3 aromatic rings. The lowest BCUT2D eigenvalue weighted by Crippen LogP contribution is -2.16. The van der Waals surface area contributed by atoms with Crippen LogP contribution in [0.2, 0.25) is 0 Å². The van der Waals surface area contributed by atoms with Crippen molar-refractivity contribution in [1.29, 1.82) is 0 Å². The topological polar surface area (TPSA) is 110 Å². The number of benzene rings is 1. The molecule has 31 heavy (non-hydrogen) atoms. The molecule has 2 heterocycles. The van der Waals surface area contributed by atoms with E-state index < -0.39 is 11.9 Å². The lowest BCUT2D eigenvalue weighted by Gasteiger charge is -2.06. The Morgan fingerprint density at radius 1 is 1.13 bits per heavy atom. The molecule has 8 nitrogen and oxygen atoms in total. The molecule has 2 aromatic heterocycles. The molecular formula is C21H23N3O5S2. The molecule has 1 aromatic carbocycles. The van der Waals surface area contributed by atoms with Crippen molar-refractivity contribution >= 4 is 57.0 Å². The molecule has 0 fully saturated rings. The number of hydrogen-bond donors (Lipinski definition) is 2. The largest absolute Gasteiger partial charge is 0.462 e. The van der Waals surface area contributed by atoms with Gasteiger partial charge in [-0.1, -0.05) is 17.8 Å². The van der Waals surface area contributed by atoms with Gasteiger partial charge in [-0.2, -0.15) is 0 Å². The van der Waals surface area contributed by atoms with E-state index in [1.807, 2.05) is 25.1 Å². The number of carbonyl (C=O) groups excluding carboxylic acids is 3. The van der Waals surface area contributed by atoms with Crippen LogP contribution < -0.4 is 5.32 Å². The fraction of sp³-hybridized carbons (Fsp3) is 0.333. The molecule has 2 N–H and O–H groups in total. The van der Waals surface area contributed by atoms with Crippen LogP contribution in [0.5, 0.6) is 0 Å². The maximum Gasteiger partial charge on any atom is 0.348 e. The Labute approximate surface area is 187 Å². The molecule has 0 spiro atoms. The molecule has 0 atom stereocenters. The Kier molecular flexibility index (Phi) is 7.34. The molecule has 164 valence electrons. The van der Waals surface area contributed by atoms with E-state index in [1.54, 1.807) is 20.8 Å². The highest BCUT2D eigenvalue weighted by Crippen LogP contribution is 2.34. The van der Waals surface area contributed by atoms with Gasteiger partial charge < -0.3 is 19.8 Å². The molecule has 0 unspecified atom stereocenters. The number of nitrogens with one attached hydrogen (secondary N) is 2. The summed E-state index contributed by atoms with van der Waals surface area (Å²) < 4.78 is 10.2. The van der Waals surface area contributed by atoms with E-state index in [1.165, 1.54) is 11.8 Å². The minimum Gasteiger partial charge on any atom is -0.462 e. The first kappa shape index (κ1) is 22.8. The lowest BCUT2D eigenvalue weighted by atomic mass is 10.1. The smallest absolute Gasteiger partial charge is 0.348 e. The first-order valence-electron chi connectivity index (χ1n) is 9.70. The summed E-state index contributed by atoms with van der Waals surface area (Å²) >= 11 is 2.25. The fourth-order valence-corrected chi connectivity index (χ4v) is 4.70. The molecule has 0 aliphatic carbocycles. The van der Waals surface area contributed by atoms with Crippen LogP contribution in [-0.2, 0) is 14.3 Å². The standard InChI is InChI=1S/C21H23N3O5S2/c1-5-28-19(26)16-12(4)17(20(27)29-6-2)31-18(16)24-15(25)10-30-21-22-13-8-7-11(3)9-14(13)23-21/h7-9H,5-6,10H2,1-4H3,(H,22,23)(H,24,25). The number of ether oxygens (including phenoxy) is 2. The van der Waals surface area contributed by atoms with Crippen LogP contribution in [0.15, 0.2) is 23.4 Å². The minimum atomic E-state index is -0.595. The number of imidazole rings is 1. The Morgan fingerprint density at radius 2 is 1.84 bits per heavy atom. The van der Waals surface area contributed by atoms with Gasteiger partial charge in [-0.25, -0.2) is 14.6 Å². The Bertz CT molecular complexity index is 1140. The van der Waals surface area contributed by atoms with Crippen molar-refractivity contribution in [1.82, 2.24) is 9.97 Å². The number of H-pyrrole nitrogens is 1. The molecule has 0 aliphatic rings. The van der Waals surface area contributed by atoms with Crippen molar-refractivity contribution in [3.63, 3.8) is 0 Å². The average molecular weight is 462 g/mol. The molecule has 10 heteroatoms. The van der Waals surface area contributed by atoms with Gasteiger partial charge in [-0.15, -0.1) is 11.3 Å². The van der Waals surface area contributed by atoms with Crippen molar-refractivity contribution in [2.24, 2.45) is 0 Å². The highest BCUT2D eigenvalue weighted by atomic mass is 32.2. The molecule has 0 saturated heterocycles. The summed E-state index contributed by atoms with van der Waals surface area (Å²) in [5.74, 6) is -1.39. The molecule has 0 aliphatic heterocycles. The summed E-state index contributed by atoms with van der Waals surface area (Å²) in [5, 5.41) is 3.62. The van der Waals surface area contributed by atoms with E-state index in [2.05, 4.69) is 15.3 Å². The molecule has 3 rings (SSSR count). The number of esters is 2. The van der Waals surface area contributed by atoms with E-state index in [4.69, 9.17) is 9.47 Å². The molecule has 0 radical (unpaired) electrons. The van der Waals surface area contributed by atoms with Crippen molar-refractivity contribution in [3.05, 3.63) is 39.8 Å². The first-order chi connectivity index (χ1) is 14.8. The van der Waals surface area contributed by atoms with Crippen LogP contribution in [0.1, 0.15) is 45.0 Å². The normalized spacial score (nSPS) is 10.8. The second kappa shape index (κ2) is 9.97. The number of nitrogens with zero attached hydrogens (tertiary/aromatic N) is 1. The number of thiophene rings is 1. The summed E-state index contributed by atoms with van der Waals surface area (Å²) in [6, 6.07) is 5.88. The quantitative estimate of drug-likeness (QED) is 0.379. The third kappa shape index (κ3) is 5.26. The number of carbonyl (C=O) groups is 3. The number of rotatable bonds is 8. The zero-order chi connectivity index (χ0) is 22.5. The lowest BCUT2D eigenvalue weighted by molar-refractivity contribution is -0.113. The van der Waals surface area contributed by atoms with Gasteiger partial charge in [0.2, 0.25) is 5.91 Å². The van der Waals surface area contributed by atoms with Crippen LogP contribution in [0.25, 0.3) is 11.0 Å². The van der Waals surface area contributed by atoms with E-state index >= 15 is 0 Å².